The number of allylic oxidation sites excluding steroid dienone is 4. The van der Waals surface area contributed by atoms with E-state index in [1.807, 2.05) is 0 Å². The van der Waals surface area contributed by atoms with E-state index in [1.54, 1.807) is 40.7 Å². The maximum Gasteiger partial charge on any atom is 0.356 e. The Morgan fingerprint density at radius 1 is 1.22 bits per heavy atom. The second-order valence-corrected chi connectivity index (χ2v) is 13.5. The van der Waals surface area contributed by atoms with Crippen molar-refractivity contribution >= 4 is 19.2 Å². The lowest BCUT2D eigenvalue weighted by atomic mass is 9.44. The number of halogens is 1. The number of carbonyl (C=O) groups excluding carboxylic acids is 2. The van der Waals surface area contributed by atoms with Gasteiger partial charge in [-0.1, -0.05) is 25.5 Å². The summed E-state index contributed by atoms with van der Waals surface area (Å²) in [5.41, 5.74) is -5.46. The molecule has 8 nitrogen and oxygen atoms in total. The molecule has 10 heteroatoms. The van der Waals surface area contributed by atoms with Crippen molar-refractivity contribution in [2.75, 3.05) is 26.2 Å². The Bertz CT molecular complexity index is 1050. The summed E-state index contributed by atoms with van der Waals surface area (Å²) in [6.45, 7) is 8.07. The first-order valence-corrected chi connectivity index (χ1v) is 15.0. The van der Waals surface area contributed by atoms with Gasteiger partial charge in [0.05, 0.1) is 19.3 Å². The van der Waals surface area contributed by atoms with Gasteiger partial charge in [0.2, 0.25) is 0 Å². The molecule has 0 heterocycles. The van der Waals surface area contributed by atoms with Gasteiger partial charge in [0.1, 0.15) is 18.6 Å². The topological polar surface area (TPSA) is 119 Å². The third kappa shape index (κ3) is 3.99. The molecule has 0 radical (unpaired) electrons. The van der Waals surface area contributed by atoms with E-state index in [2.05, 4.69) is 0 Å². The lowest BCUT2D eigenvalue weighted by molar-refractivity contribution is -0.228. The van der Waals surface area contributed by atoms with Crippen LogP contribution >= 0.6 is 7.60 Å². The number of fused-ring (bicyclic) bond motifs is 5. The van der Waals surface area contributed by atoms with E-state index in [9.17, 15) is 24.4 Å². The molecule has 8 atom stereocenters. The number of carbonyl (C=O) groups is 2. The molecule has 4 aliphatic rings. The van der Waals surface area contributed by atoms with Gasteiger partial charge in [-0.15, -0.1) is 0 Å². The van der Waals surface area contributed by atoms with Crippen LogP contribution in [0.5, 0.6) is 0 Å². The van der Waals surface area contributed by atoms with Crippen molar-refractivity contribution in [2.45, 2.75) is 77.7 Å². The molecule has 0 bridgehead atoms. The Morgan fingerprint density at radius 3 is 2.46 bits per heavy atom. The maximum atomic E-state index is 18.0. The van der Waals surface area contributed by atoms with Crippen LogP contribution in [-0.4, -0.2) is 65.3 Å². The van der Waals surface area contributed by atoms with Crippen LogP contribution in [-0.2, 0) is 27.9 Å². The Hall–Kier alpha value is -1.22. The summed E-state index contributed by atoms with van der Waals surface area (Å²) in [6.07, 6.45) is 4.09. The van der Waals surface area contributed by atoms with Gasteiger partial charge in [0.15, 0.2) is 17.2 Å². The summed E-state index contributed by atoms with van der Waals surface area (Å²) in [5.74, 6) is -2.37. The highest BCUT2D eigenvalue weighted by atomic mass is 31.2. The number of aliphatic hydroxyl groups is 2. The molecule has 0 aliphatic heterocycles. The van der Waals surface area contributed by atoms with E-state index in [0.717, 1.165) is 0 Å². The van der Waals surface area contributed by atoms with Crippen molar-refractivity contribution in [3.8, 4) is 0 Å². The Kier molecular flexibility index (Phi) is 7.59. The van der Waals surface area contributed by atoms with Gasteiger partial charge in [-0.3, -0.25) is 14.2 Å². The van der Waals surface area contributed by atoms with Gasteiger partial charge in [0, 0.05) is 16.7 Å². The standard InChI is InChI=1S/C27H40FO8P/c1-6-35-37(33,36-7-2)16-34-23-14-25(5)21(12-17(3)27(25,32)22(31)15-29)20-9-8-18-13-19(30)10-11-24(18,4)26(20,23)28/h10-11,13,17,20-21,23,29,32H,6-9,12,14-16H2,1-5H3/t17-,20+,21+,23+,24+,25+,26+,27+/m1/s1. The van der Waals surface area contributed by atoms with Gasteiger partial charge in [0.25, 0.3) is 0 Å². The van der Waals surface area contributed by atoms with Crippen molar-refractivity contribution in [3.63, 3.8) is 0 Å². The largest absolute Gasteiger partial charge is 0.388 e. The van der Waals surface area contributed by atoms with Crippen molar-refractivity contribution in [1.82, 2.24) is 0 Å². The van der Waals surface area contributed by atoms with Crippen LogP contribution in [0.2, 0.25) is 0 Å². The average Bonchev–Trinajstić information content (AvgIpc) is 3.05. The number of ether oxygens (including phenoxy) is 1. The van der Waals surface area contributed by atoms with Crippen molar-refractivity contribution in [1.29, 1.82) is 0 Å². The fourth-order valence-electron chi connectivity index (χ4n) is 8.09. The predicted octanol–water partition coefficient (Wildman–Crippen LogP) is 4.14. The number of Topliss-reactive ketones (excluding diaryl/α,β-unsaturated/α-hetero) is 1. The van der Waals surface area contributed by atoms with Gasteiger partial charge in [-0.25, -0.2) is 4.39 Å². The first kappa shape index (κ1) is 28.8. The van der Waals surface area contributed by atoms with Crippen LogP contribution < -0.4 is 0 Å². The fraction of sp³-hybridized carbons (Fsp3) is 0.778. The molecule has 3 saturated carbocycles. The normalized spacial score (nSPS) is 43.1. The second kappa shape index (κ2) is 9.76. The number of aliphatic hydroxyl groups excluding tert-OH is 1. The summed E-state index contributed by atoms with van der Waals surface area (Å²) in [5, 5.41) is 21.6. The highest BCUT2D eigenvalue weighted by Gasteiger charge is 2.76. The molecule has 0 amide bonds. The summed E-state index contributed by atoms with van der Waals surface area (Å²) < 4.78 is 48.2. The van der Waals surface area contributed by atoms with E-state index < -0.39 is 66.4 Å². The monoisotopic (exact) mass is 542 g/mol. The van der Waals surface area contributed by atoms with Gasteiger partial charge in [-0.05, 0) is 70.4 Å². The van der Waals surface area contributed by atoms with Crippen LogP contribution in [0.1, 0.15) is 60.3 Å². The van der Waals surface area contributed by atoms with Gasteiger partial charge in [-0.2, -0.15) is 0 Å². The highest BCUT2D eigenvalue weighted by molar-refractivity contribution is 7.53. The minimum atomic E-state index is -3.70. The average molecular weight is 543 g/mol. The second-order valence-electron chi connectivity index (χ2n) is 11.5. The number of hydrogen-bond donors (Lipinski definition) is 2. The minimum Gasteiger partial charge on any atom is -0.388 e. The van der Waals surface area contributed by atoms with Crippen molar-refractivity contribution < 1.29 is 42.5 Å². The molecule has 0 aromatic rings. The molecule has 4 rings (SSSR count). The highest BCUT2D eigenvalue weighted by Crippen LogP contribution is 2.71. The third-order valence-corrected chi connectivity index (χ3v) is 11.6. The minimum absolute atomic E-state index is 0.0415. The Balaban J connectivity index is 1.83. The first-order chi connectivity index (χ1) is 17.3. The molecule has 2 N–H and O–H groups in total. The number of hydrogen-bond acceptors (Lipinski definition) is 8. The van der Waals surface area contributed by atoms with Crippen molar-refractivity contribution in [3.05, 3.63) is 23.8 Å². The lowest BCUT2D eigenvalue weighted by Gasteiger charge is -2.63. The molecule has 0 spiro atoms. The molecule has 208 valence electrons. The van der Waals surface area contributed by atoms with E-state index in [0.29, 0.717) is 24.8 Å². The molecule has 3 fully saturated rings. The maximum absolute atomic E-state index is 18.0. The number of ketones is 2. The molecule has 37 heavy (non-hydrogen) atoms. The summed E-state index contributed by atoms with van der Waals surface area (Å²) in [6, 6.07) is 0. The van der Waals surface area contributed by atoms with Crippen LogP contribution in [0.15, 0.2) is 23.8 Å². The van der Waals surface area contributed by atoms with Gasteiger partial charge >= 0.3 is 7.60 Å². The molecule has 4 aliphatic carbocycles. The smallest absolute Gasteiger partial charge is 0.356 e. The first-order valence-electron chi connectivity index (χ1n) is 13.3. The summed E-state index contributed by atoms with van der Waals surface area (Å²) in [4.78, 5) is 25.2. The SMILES string of the molecule is CCOP(=O)(CO[C@H]1C[C@@]2(C)[C@@H](C[C@@H](C)[C@]2(O)C(=O)CO)[C@@H]2CCC3=CC(=O)C=C[C@]3(C)[C@@]12F)OCC. The number of alkyl halides is 1. The summed E-state index contributed by atoms with van der Waals surface area (Å²) >= 11 is 0. The molecular weight excluding hydrogens is 502 g/mol. The lowest BCUT2D eigenvalue weighted by Crippen LogP contribution is -2.70. The Labute approximate surface area is 218 Å². The van der Waals surface area contributed by atoms with Crippen LogP contribution in [0.3, 0.4) is 0 Å². The third-order valence-electron chi connectivity index (χ3n) is 9.85. The van der Waals surface area contributed by atoms with E-state index in [1.165, 1.54) is 12.2 Å². The van der Waals surface area contributed by atoms with Crippen LogP contribution in [0, 0.1) is 28.6 Å². The molecule has 0 aromatic carbocycles. The molecular formula is C27H40FO8P. The van der Waals surface area contributed by atoms with E-state index in [-0.39, 0.29) is 31.3 Å². The summed E-state index contributed by atoms with van der Waals surface area (Å²) in [7, 11) is -3.70. The van der Waals surface area contributed by atoms with Crippen LogP contribution in [0.25, 0.3) is 0 Å². The molecule has 0 aromatic heterocycles. The fourth-order valence-corrected chi connectivity index (χ4v) is 9.46. The quantitative estimate of drug-likeness (QED) is 0.417. The zero-order valence-electron chi connectivity index (χ0n) is 22.4. The van der Waals surface area contributed by atoms with E-state index >= 15 is 4.39 Å². The van der Waals surface area contributed by atoms with E-state index in [4.69, 9.17) is 13.8 Å². The Morgan fingerprint density at radius 2 is 1.86 bits per heavy atom. The predicted molar refractivity (Wildman–Crippen MR) is 135 cm³/mol. The van der Waals surface area contributed by atoms with Crippen LogP contribution in [0.4, 0.5) is 4.39 Å². The number of rotatable bonds is 9. The zero-order chi connectivity index (χ0) is 27.4. The molecule has 0 unspecified atom stereocenters. The molecule has 0 saturated heterocycles. The van der Waals surface area contributed by atoms with Gasteiger partial charge < -0.3 is 24.0 Å². The van der Waals surface area contributed by atoms with Crippen molar-refractivity contribution in [2.24, 2.45) is 28.6 Å². The zero-order valence-corrected chi connectivity index (χ0v) is 23.3.